The Morgan fingerprint density at radius 1 is 1.21 bits per heavy atom. The van der Waals surface area contributed by atoms with Gasteiger partial charge in [-0.15, -0.1) is 0 Å². The van der Waals surface area contributed by atoms with Crippen LogP contribution in [0.15, 0.2) is 28.9 Å². The lowest BCUT2D eigenvalue weighted by molar-refractivity contribution is -0.137. The fraction of sp³-hybridized carbons (Fsp3) is 0.357. The first-order valence-electron chi connectivity index (χ1n) is 7.04. The van der Waals surface area contributed by atoms with Crippen molar-refractivity contribution in [3.05, 3.63) is 35.9 Å². The zero-order chi connectivity index (χ0) is 17.6. The Balaban J connectivity index is 1.76. The van der Waals surface area contributed by atoms with Crippen molar-refractivity contribution in [3.8, 4) is 0 Å². The summed E-state index contributed by atoms with van der Waals surface area (Å²) in [5.41, 5.74) is -0.808. The average Bonchev–Trinajstić information content (AvgIpc) is 3.00. The summed E-state index contributed by atoms with van der Waals surface area (Å²) in [7, 11) is 0. The molecule has 0 bridgehead atoms. The van der Waals surface area contributed by atoms with Gasteiger partial charge in [0.25, 0.3) is 6.01 Å². The van der Waals surface area contributed by atoms with Gasteiger partial charge in [-0.05, 0) is 19.1 Å². The predicted molar refractivity (Wildman–Crippen MR) is 78.7 cm³/mol. The Hall–Kier alpha value is -2.78. The van der Waals surface area contributed by atoms with Crippen LogP contribution in [0.4, 0.5) is 25.0 Å². The first-order chi connectivity index (χ1) is 11.4. The van der Waals surface area contributed by atoms with E-state index < -0.39 is 17.7 Å². The van der Waals surface area contributed by atoms with Crippen LogP contribution in [0.5, 0.6) is 0 Å². The number of nitrogens with zero attached hydrogens (tertiary/aromatic N) is 2. The van der Waals surface area contributed by atoms with Crippen LogP contribution in [-0.4, -0.2) is 35.6 Å². The number of oxazole rings is 1. The maximum atomic E-state index is 12.4. The Morgan fingerprint density at radius 2 is 1.96 bits per heavy atom. The minimum absolute atomic E-state index is 0.0169. The summed E-state index contributed by atoms with van der Waals surface area (Å²) in [4.78, 5) is 18.9. The number of ether oxygens (including phenoxy) is 1. The van der Waals surface area contributed by atoms with Gasteiger partial charge in [0, 0.05) is 19.3 Å². The lowest BCUT2D eigenvalue weighted by atomic mass is 10.3. The van der Waals surface area contributed by atoms with Gasteiger partial charge in [0.05, 0.1) is 18.4 Å². The Kier molecular flexibility index (Phi) is 5.61. The summed E-state index contributed by atoms with van der Waals surface area (Å²) in [6, 6.07) is 2.33. The predicted octanol–water partition coefficient (Wildman–Crippen LogP) is 2.79. The molecule has 0 aliphatic heterocycles. The number of hydrogen-bond acceptors (Lipinski definition) is 7. The maximum absolute atomic E-state index is 12.4. The summed E-state index contributed by atoms with van der Waals surface area (Å²) >= 11 is 0. The highest BCUT2D eigenvalue weighted by molar-refractivity contribution is 5.86. The molecule has 2 aromatic heterocycles. The third-order valence-corrected chi connectivity index (χ3v) is 2.78. The van der Waals surface area contributed by atoms with E-state index in [2.05, 4.69) is 20.6 Å². The van der Waals surface area contributed by atoms with Gasteiger partial charge in [-0.25, -0.2) is 14.8 Å². The quantitative estimate of drug-likeness (QED) is 0.590. The standard InChI is InChI=1S/C14H15F3N4O3/c1-2-23-12(22)10-8-21-13(24-10)19-6-5-18-11-4-3-9(7-20-11)14(15,16)17/h3-4,7-8H,2,5-6H2,1H3,(H,18,20)(H,19,21). The van der Waals surface area contributed by atoms with Gasteiger partial charge in [0.2, 0.25) is 5.76 Å². The first-order valence-corrected chi connectivity index (χ1v) is 7.04. The molecule has 0 aromatic carbocycles. The number of alkyl halides is 3. The molecular formula is C14H15F3N4O3. The maximum Gasteiger partial charge on any atom is 0.417 e. The zero-order valence-corrected chi connectivity index (χ0v) is 12.7. The number of anilines is 2. The van der Waals surface area contributed by atoms with E-state index >= 15 is 0 Å². The highest BCUT2D eigenvalue weighted by atomic mass is 19.4. The topological polar surface area (TPSA) is 89.3 Å². The molecule has 2 rings (SSSR count). The number of hydrogen-bond donors (Lipinski definition) is 2. The van der Waals surface area contributed by atoms with Gasteiger partial charge < -0.3 is 19.8 Å². The smallest absolute Gasteiger partial charge is 0.417 e. The molecule has 7 nitrogen and oxygen atoms in total. The van der Waals surface area contributed by atoms with Crippen LogP contribution >= 0.6 is 0 Å². The average molecular weight is 344 g/mol. The number of halogens is 3. The summed E-state index contributed by atoms with van der Waals surface area (Å²) in [5, 5.41) is 5.65. The molecule has 0 saturated carbocycles. The molecule has 130 valence electrons. The van der Waals surface area contributed by atoms with Crippen LogP contribution in [0, 0.1) is 0 Å². The van der Waals surface area contributed by atoms with Gasteiger partial charge in [-0.3, -0.25) is 0 Å². The van der Waals surface area contributed by atoms with E-state index in [1.807, 2.05) is 0 Å². The highest BCUT2D eigenvalue weighted by Crippen LogP contribution is 2.28. The number of carbonyl (C=O) groups is 1. The van der Waals surface area contributed by atoms with E-state index in [4.69, 9.17) is 9.15 Å². The number of esters is 1. The molecule has 0 spiro atoms. The summed E-state index contributed by atoms with van der Waals surface area (Å²) in [6.07, 6.45) is -2.41. The molecule has 2 N–H and O–H groups in total. The Morgan fingerprint density at radius 3 is 2.58 bits per heavy atom. The Bertz CT molecular complexity index is 671. The van der Waals surface area contributed by atoms with Crippen LogP contribution in [-0.2, 0) is 10.9 Å². The fourth-order valence-corrected chi connectivity index (χ4v) is 1.68. The molecule has 0 aliphatic carbocycles. The molecule has 0 aliphatic rings. The summed E-state index contributed by atoms with van der Waals surface area (Å²) in [5.74, 6) is -0.314. The minimum Gasteiger partial charge on any atom is -0.460 e. The van der Waals surface area contributed by atoms with Crippen molar-refractivity contribution < 1.29 is 27.1 Å². The zero-order valence-electron chi connectivity index (χ0n) is 12.7. The molecule has 0 amide bonds. The molecule has 0 radical (unpaired) electrons. The second-order valence-electron chi connectivity index (χ2n) is 4.53. The Labute approximate surface area is 135 Å². The van der Waals surface area contributed by atoms with Crippen molar-refractivity contribution in [2.75, 3.05) is 30.3 Å². The van der Waals surface area contributed by atoms with E-state index in [1.54, 1.807) is 6.92 Å². The number of nitrogens with one attached hydrogen (secondary N) is 2. The lowest BCUT2D eigenvalue weighted by Gasteiger charge is -2.08. The van der Waals surface area contributed by atoms with Gasteiger partial charge >= 0.3 is 12.1 Å². The van der Waals surface area contributed by atoms with Gasteiger partial charge in [-0.1, -0.05) is 0 Å². The first kappa shape index (κ1) is 17.6. The third kappa shape index (κ3) is 4.86. The second-order valence-corrected chi connectivity index (χ2v) is 4.53. The van der Waals surface area contributed by atoms with Crippen molar-refractivity contribution in [1.82, 2.24) is 9.97 Å². The normalized spacial score (nSPS) is 11.2. The van der Waals surface area contributed by atoms with Crippen molar-refractivity contribution >= 4 is 17.8 Å². The molecule has 0 atom stereocenters. The van der Waals surface area contributed by atoms with E-state index in [1.165, 1.54) is 12.3 Å². The molecule has 10 heteroatoms. The highest BCUT2D eigenvalue weighted by Gasteiger charge is 2.30. The van der Waals surface area contributed by atoms with Crippen molar-refractivity contribution in [2.45, 2.75) is 13.1 Å². The SMILES string of the molecule is CCOC(=O)c1cnc(NCCNc2ccc(C(F)(F)F)cn2)o1. The van der Waals surface area contributed by atoms with Gasteiger partial charge in [-0.2, -0.15) is 13.2 Å². The van der Waals surface area contributed by atoms with E-state index in [9.17, 15) is 18.0 Å². The van der Waals surface area contributed by atoms with Crippen LogP contribution < -0.4 is 10.6 Å². The van der Waals surface area contributed by atoms with E-state index in [0.29, 0.717) is 18.9 Å². The largest absolute Gasteiger partial charge is 0.460 e. The number of aromatic nitrogens is 2. The van der Waals surface area contributed by atoms with E-state index in [-0.39, 0.29) is 18.4 Å². The molecule has 0 unspecified atom stereocenters. The van der Waals surface area contributed by atoms with Gasteiger partial charge in [0.1, 0.15) is 5.82 Å². The number of rotatable bonds is 7. The molecule has 2 aromatic rings. The van der Waals surface area contributed by atoms with Crippen LogP contribution in [0.2, 0.25) is 0 Å². The van der Waals surface area contributed by atoms with Crippen LogP contribution in [0.25, 0.3) is 0 Å². The van der Waals surface area contributed by atoms with Crippen molar-refractivity contribution in [3.63, 3.8) is 0 Å². The second kappa shape index (κ2) is 7.66. The van der Waals surface area contributed by atoms with Gasteiger partial charge in [0.15, 0.2) is 0 Å². The molecule has 2 heterocycles. The van der Waals surface area contributed by atoms with Crippen molar-refractivity contribution in [2.24, 2.45) is 0 Å². The molecule has 0 fully saturated rings. The number of pyridine rings is 1. The monoisotopic (exact) mass is 344 g/mol. The molecule has 24 heavy (non-hydrogen) atoms. The number of carbonyl (C=O) groups excluding carboxylic acids is 1. The van der Waals surface area contributed by atoms with Crippen LogP contribution in [0.1, 0.15) is 23.0 Å². The minimum atomic E-state index is -4.41. The molecular weight excluding hydrogens is 329 g/mol. The van der Waals surface area contributed by atoms with E-state index in [0.717, 1.165) is 12.3 Å². The van der Waals surface area contributed by atoms with Crippen LogP contribution in [0.3, 0.4) is 0 Å². The molecule has 0 saturated heterocycles. The van der Waals surface area contributed by atoms with Crippen molar-refractivity contribution in [1.29, 1.82) is 0 Å². The summed E-state index contributed by atoms with van der Waals surface area (Å²) in [6.45, 7) is 2.61. The summed E-state index contributed by atoms with van der Waals surface area (Å²) < 4.78 is 47.1. The lowest BCUT2D eigenvalue weighted by Crippen LogP contribution is -2.15. The fourth-order valence-electron chi connectivity index (χ4n) is 1.68. The third-order valence-electron chi connectivity index (χ3n) is 2.78.